The molecule has 150 valence electrons. The van der Waals surface area contributed by atoms with Crippen molar-refractivity contribution < 1.29 is 14.3 Å². The van der Waals surface area contributed by atoms with Crippen LogP contribution in [0.15, 0.2) is 48.5 Å². The Hall–Kier alpha value is -2.99. The van der Waals surface area contributed by atoms with E-state index in [-0.39, 0.29) is 5.91 Å². The Kier molecular flexibility index (Phi) is 5.45. The number of aromatic nitrogens is 2. The Morgan fingerprint density at radius 1 is 1.14 bits per heavy atom. The van der Waals surface area contributed by atoms with Crippen molar-refractivity contribution >= 4 is 17.5 Å². The minimum absolute atomic E-state index is 0.161. The summed E-state index contributed by atoms with van der Waals surface area (Å²) in [7, 11) is 0. The monoisotopic (exact) mass is 411 g/mol. The van der Waals surface area contributed by atoms with Crippen molar-refractivity contribution in [1.82, 2.24) is 14.7 Å². The van der Waals surface area contributed by atoms with Gasteiger partial charge in [-0.25, -0.2) is 4.68 Å². The Labute approximate surface area is 174 Å². The number of nitrogens with zero attached hydrogens (tertiary/aromatic N) is 3. The lowest BCUT2D eigenvalue weighted by atomic mass is 10.1. The van der Waals surface area contributed by atoms with Gasteiger partial charge in [-0.1, -0.05) is 41.9 Å². The van der Waals surface area contributed by atoms with Gasteiger partial charge in [0.25, 0.3) is 5.91 Å². The van der Waals surface area contributed by atoms with Gasteiger partial charge in [-0.15, -0.1) is 0 Å². The molecule has 2 aromatic carbocycles. The number of benzene rings is 2. The normalized spacial score (nSPS) is 12.7. The fourth-order valence-corrected chi connectivity index (χ4v) is 3.78. The van der Waals surface area contributed by atoms with Gasteiger partial charge >= 0.3 is 0 Å². The van der Waals surface area contributed by atoms with Crippen molar-refractivity contribution in [3.05, 3.63) is 70.5 Å². The van der Waals surface area contributed by atoms with E-state index in [9.17, 15) is 4.79 Å². The zero-order chi connectivity index (χ0) is 20.4. The number of carbonyl (C=O) groups excluding carboxylic acids is 1. The van der Waals surface area contributed by atoms with Crippen LogP contribution in [0.2, 0.25) is 5.15 Å². The lowest BCUT2D eigenvalue weighted by Gasteiger charge is -2.25. The van der Waals surface area contributed by atoms with E-state index in [2.05, 4.69) is 5.10 Å². The van der Waals surface area contributed by atoms with Gasteiger partial charge in [-0.2, -0.15) is 5.10 Å². The molecular weight excluding hydrogens is 390 g/mol. The van der Waals surface area contributed by atoms with E-state index in [1.54, 1.807) is 16.5 Å². The predicted molar refractivity (Wildman–Crippen MR) is 111 cm³/mol. The third-order valence-electron chi connectivity index (χ3n) is 4.90. The summed E-state index contributed by atoms with van der Waals surface area (Å²) in [4.78, 5) is 15.1. The van der Waals surface area contributed by atoms with Crippen LogP contribution in [0.5, 0.6) is 11.5 Å². The Morgan fingerprint density at radius 3 is 2.66 bits per heavy atom. The molecule has 0 spiro atoms. The third-order valence-corrected chi connectivity index (χ3v) is 5.25. The number of amides is 1. The van der Waals surface area contributed by atoms with Crippen molar-refractivity contribution in [3.63, 3.8) is 0 Å². The van der Waals surface area contributed by atoms with Crippen molar-refractivity contribution in [1.29, 1.82) is 0 Å². The molecule has 1 amide bonds. The van der Waals surface area contributed by atoms with Crippen LogP contribution in [0.1, 0.15) is 28.5 Å². The van der Waals surface area contributed by atoms with E-state index in [1.807, 2.05) is 55.5 Å². The standard InChI is InChI=1S/C22H22ClN3O3/c1-3-25(14-16-8-7-11-18-20(16)29-13-12-28-18)22(27)19-15(2)24-26(21(19)23)17-9-5-4-6-10-17/h4-11H,3,12-14H2,1-2H3. The van der Waals surface area contributed by atoms with Crippen molar-refractivity contribution in [2.45, 2.75) is 20.4 Å². The molecule has 1 aliphatic heterocycles. The molecule has 1 aliphatic rings. The minimum Gasteiger partial charge on any atom is -0.486 e. The van der Waals surface area contributed by atoms with Gasteiger partial charge < -0.3 is 14.4 Å². The van der Waals surface area contributed by atoms with Crippen LogP contribution >= 0.6 is 11.6 Å². The molecule has 1 aromatic heterocycles. The Bertz CT molecular complexity index is 1030. The van der Waals surface area contributed by atoms with Gasteiger partial charge in [0.1, 0.15) is 18.4 Å². The highest BCUT2D eigenvalue weighted by atomic mass is 35.5. The summed E-state index contributed by atoms with van der Waals surface area (Å²) in [5.41, 5.74) is 2.73. The first-order chi connectivity index (χ1) is 14.1. The van der Waals surface area contributed by atoms with Crippen LogP contribution in [0, 0.1) is 6.92 Å². The van der Waals surface area contributed by atoms with Crippen LogP contribution in [0.25, 0.3) is 5.69 Å². The van der Waals surface area contributed by atoms with E-state index < -0.39 is 0 Å². The summed E-state index contributed by atoms with van der Waals surface area (Å²) in [6, 6.07) is 15.3. The number of para-hydroxylation sites is 2. The molecule has 0 radical (unpaired) electrons. The second kappa shape index (κ2) is 8.17. The molecule has 4 rings (SSSR count). The Morgan fingerprint density at radius 2 is 1.90 bits per heavy atom. The fourth-order valence-electron chi connectivity index (χ4n) is 3.43. The van der Waals surface area contributed by atoms with Gasteiger partial charge in [0.05, 0.1) is 16.9 Å². The van der Waals surface area contributed by atoms with Crippen molar-refractivity contribution in [2.75, 3.05) is 19.8 Å². The highest BCUT2D eigenvalue weighted by molar-refractivity contribution is 6.33. The molecule has 0 saturated carbocycles. The Balaban J connectivity index is 1.65. The number of fused-ring (bicyclic) bond motifs is 1. The highest BCUT2D eigenvalue weighted by Gasteiger charge is 2.26. The summed E-state index contributed by atoms with van der Waals surface area (Å²) in [5, 5.41) is 4.80. The van der Waals surface area contributed by atoms with Gasteiger partial charge in [-0.3, -0.25) is 4.79 Å². The molecule has 0 fully saturated rings. The largest absolute Gasteiger partial charge is 0.486 e. The number of carbonyl (C=O) groups is 1. The molecular formula is C22H22ClN3O3. The van der Waals surface area contributed by atoms with Crippen LogP contribution < -0.4 is 9.47 Å². The maximum absolute atomic E-state index is 13.4. The first-order valence-electron chi connectivity index (χ1n) is 9.57. The number of halogens is 1. The first kappa shape index (κ1) is 19.3. The lowest BCUT2D eigenvalue weighted by molar-refractivity contribution is 0.0748. The molecule has 0 saturated heterocycles. The number of aryl methyl sites for hydroxylation is 1. The minimum atomic E-state index is -0.161. The maximum atomic E-state index is 13.4. The lowest BCUT2D eigenvalue weighted by Crippen LogP contribution is -2.31. The van der Waals surface area contributed by atoms with Gasteiger partial charge in [0, 0.05) is 18.7 Å². The molecule has 2 heterocycles. The number of hydrogen-bond acceptors (Lipinski definition) is 4. The summed E-state index contributed by atoms with van der Waals surface area (Å²) in [6.45, 7) is 5.69. The number of rotatable bonds is 5. The van der Waals surface area contributed by atoms with E-state index in [0.717, 1.165) is 11.3 Å². The zero-order valence-electron chi connectivity index (χ0n) is 16.4. The smallest absolute Gasteiger partial charge is 0.259 e. The average molecular weight is 412 g/mol. The third kappa shape index (κ3) is 3.68. The van der Waals surface area contributed by atoms with E-state index in [4.69, 9.17) is 21.1 Å². The quantitative estimate of drug-likeness (QED) is 0.629. The summed E-state index contributed by atoms with van der Waals surface area (Å²) in [5.74, 6) is 1.25. The first-order valence-corrected chi connectivity index (χ1v) is 9.95. The SMILES string of the molecule is CCN(Cc1cccc2c1OCCO2)C(=O)c1c(C)nn(-c2ccccc2)c1Cl. The van der Waals surface area contributed by atoms with E-state index in [1.165, 1.54) is 0 Å². The topological polar surface area (TPSA) is 56.6 Å². The summed E-state index contributed by atoms with van der Waals surface area (Å²) >= 11 is 6.59. The molecule has 0 N–H and O–H groups in total. The second-order valence-electron chi connectivity index (χ2n) is 6.76. The molecule has 0 atom stereocenters. The van der Waals surface area contributed by atoms with Gasteiger partial charge in [-0.05, 0) is 32.0 Å². The molecule has 29 heavy (non-hydrogen) atoms. The van der Waals surface area contributed by atoms with E-state index >= 15 is 0 Å². The van der Waals surface area contributed by atoms with Gasteiger partial charge in [0.15, 0.2) is 11.5 Å². The zero-order valence-corrected chi connectivity index (χ0v) is 17.1. The molecule has 6 nitrogen and oxygen atoms in total. The summed E-state index contributed by atoms with van der Waals surface area (Å²) in [6.07, 6.45) is 0. The van der Waals surface area contributed by atoms with Crippen molar-refractivity contribution in [3.8, 4) is 17.2 Å². The van der Waals surface area contributed by atoms with Crippen molar-refractivity contribution in [2.24, 2.45) is 0 Å². The molecule has 7 heteroatoms. The maximum Gasteiger partial charge on any atom is 0.259 e. The molecule has 0 bridgehead atoms. The van der Waals surface area contributed by atoms with Crippen LogP contribution in [-0.2, 0) is 6.54 Å². The molecule has 0 unspecified atom stereocenters. The van der Waals surface area contributed by atoms with Crippen LogP contribution in [0.4, 0.5) is 0 Å². The number of hydrogen-bond donors (Lipinski definition) is 0. The average Bonchev–Trinajstić information content (AvgIpc) is 3.06. The fraction of sp³-hybridized carbons (Fsp3) is 0.273. The van der Waals surface area contributed by atoms with Crippen LogP contribution in [-0.4, -0.2) is 40.3 Å². The summed E-state index contributed by atoms with van der Waals surface area (Å²) < 4.78 is 13.0. The number of ether oxygens (including phenoxy) is 2. The second-order valence-corrected chi connectivity index (χ2v) is 7.12. The predicted octanol–water partition coefficient (Wildman–Crippen LogP) is 4.27. The molecule has 3 aromatic rings. The van der Waals surface area contributed by atoms with Gasteiger partial charge in [0.2, 0.25) is 0 Å². The van der Waals surface area contributed by atoms with E-state index in [0.29, 0.717) is 54.2 Å². The molecule has 0 aliphatic carbocycles. The van der Waals surface area contributed by atoms with Crippen LogP contribution in [0.3, 0.4) is 0 Å². The highest BCUT2D eigenvalue weighted by Crippen LogP contribution is 2.35.